The second-order valence-electron chi connectivity index (χ2n) is 4.99. The van der Waals surface area contributed by atoms with Crippen LogP contribution in [-0.4, -0.2) is 12.5 Å². The van der Waals surface area contributed by atoms with E-state index in [2.05, 4.69) is 10.6 Å². The van der Waals surface area contributed by atoms with E-state index >= 15 is 0 Å². The van der Waals surface area contributed by atoms with Gasteiger partial charge in [-0.2, -0.15) is 0 Å². The van der Waals surface area contributed by atoms with Crippen LogP contribution in [0.2, 0.25) is 5.02 Å². The first-order chi connectivity index (χ1) is 10.1. The Kier molecular flexibility index (Phi) is 3.80. The summed E-state index contributed by atoms with van der Waals surface area (Å²) in [4.78, 5) is 12.1. The van der Waals surface area contributed by atoms with E-state index in [1.54, 1.807) is 0 Å². The van der Waals surface area contributed by atoms with Crippen molar-refractivity contribution in [3.05, 3.63) is 58.4 Å². The van der Waals surface area contributed by atoms with Crippen molar-refractivity contribution in [2.75, 3.05) is 17.2 Å². The van der Waals surface area contributed by atoms with Gasteiger partial charge in [0.2, 0.25) is 0 Å². The highest BCUT2D eigenvalue weighted by molar-refractivity contribution is 6.30. The molecule has 0 saturated carbocycles. The second-order valence-corrected chi connectivity index (χ2v) is 5.39. The monoisotopic (exact) mass is 304 g/mol. The van der Waals surface area contributed by atoms with Crippen molar-refractivity contribution in [1.29, 1.82) is 0 Å². The summed E-state index contributed by atoms with van der Waals surface area (Å²) in [6.07, 6.45) is 2.15. The maximum absolute atomic E-state index is 13.4. The number of amides is 1. The van der Waals surface area contributed by atoms with Crippen LogP contribution in [0.5, 0.6) is 0 Å². The van der Waals surface area contributed by atoms with Gasteiger partial charge in [0.05, 0.1) is 5.02 Å². The van der Waals surface area contributed by atoms with Gasteiger partial charge < -0.3 is 10.6 Å². The lowest BCUT2D eigenvalue weighted by Gasteiger charge is -2.18. The number of benzene rings is 2. The van der Waals surface area contributed by atoms with Crippen molar-refractivity contribution in [2.24, 2.45) is 0 Å². The van der Waals surface area contributed by atoms with Gasteiger partial charge in [-0.15, -0.1) is 0 Å². The fourth-order valence-corrected chi connectivity index (χ4v) is 2.50. The smallest absolute Gasteiger partial charge is 0.255 e. The Hall–Kier alpha value is -2.07. The molecule has 1 aliphatic heterocycles. The van der Waals surface area contributed by atoms with Crippen molar-refractivity contribution in [3.63, 3.8) is 0 Å². The number of anilines is 2. The molecule has 0 spiro atoms. The molecule has 0 unspecified atom stereocenters. The molecular formula is C16H14ClFN2O. The summed E-state index contributed by atoms with van der Waals surface area (Å²) < 4.78 is 13.4. The third-order valence-corrected chi connectivity index (χ3v) is 3.79. The van der Waals surface area contributed by atoms with Crippen LogP contribution >= 0.6 is 11.6 Å². The van der Waals surface area contributed by atoms with E-state index in [0.29, 0.717) is 5.69 Å². The molecule has 0 bridgehead atoms. The molecule has 1 aliphatic rings. The van der Waals surface area contributed by atoms with Crippen LogP contribution in [0.1, 0.15) is 22.3 Å². The maximum Gasteiger partial charge on any atom is 0.255 e. The number of carbonyl (C=O) groups is 1. The molecule has 1 heterocycles. The van der Waals surface area contributed by atoms with Crippen molar-refractivity contribution in [3.8, 4) is 0 Å². The molecule has 3 nitrogen and oxygen atoms in total. The zero-order valence-corrected chi connectivity index (χ0v) is 12.0. The van der Waals surface area contributed by atoms with Crippen LogP contribution in [0, 0.1) is 5.82 Å². The maximum atomic E-state index is 13.4. The zero-order chi connectivity index (χ0) is 14.8. The third-order valence-electron chi connectivity index (χ3n) is 3.49. The summed E-state index contributed by atoms with van der Waals surface area (Å²) >= 11 is 5.61. The van der Waals surface area contributed by atoms with E-state index in [1.165, 1.54) is 17.7 Å². The Labute approximate surface area is 127 Å². The number of nitrogens with one attached hydrogen (secondary N) is 2. The van der Waals surface area contributed by atoms with Crippen LogP contribution in [-0.2, 0) is 6.42 Å². The van der Waals surface area contributed by atoms with Gasteiger partial charge in [0.25, 0.3) is 5.91 Å². The van der Waals surface area contributed by atoms with Gasteiger partial charge in [0.15, 0.2) is 0 Å². The predicted molar refractivity (Wildman–Crippen MR) is 82.6 cm³/mol. The van der Waals surface area contributed by atoms with Gasteiger partial charge in [0.1, 0.15) is 5.82 Å². The van der Waals surface area contributed by atoms with Crippen LogP contribution in [0.4, 0.5) is 15.8 Å². The van der Waals surface area contributed by atoms with Gasteiger partial charge in [-0.25, -0.2) is 4.39 Å². The first kappa shape index (κ1) is 13.9. The molecule has 21 heavy (non-hydrogen) atoms. The minimum absolute atomic E-state index is 0.00420. The van der Waals surface area contributed by atoms with E-state index in [4.69, 9.17) is 11.6 Å². The largest absolute Gasteiger partial charge is 0.385 e. The Morgan fingerprint density at radius 2 is 2.10 bits per heavy atom. The summed E-state index contributed by atoms with van der Waals surface area (Å²) in [6, 6.07) is 9.76. The molecular weight excluding hydrogens is 291 g/mol. The fraction of sp³-hybridized carbons (Fsp3) is 0.188. The topological polar surface area (TPSA) is 41.1 Å². The van der Waals surface area contributed by atoms with E-state index in [-0.39, 0.29) is 16.5 Å². The van der Waals surface area contributed by atoms with E-state index < -0.39 is 5.82 Å². The average Bonchev–Trinajstić information content (AvgIpc) is 2.50. The average molecular weight is 305 g/mol. The van der Waals surface area contributed by atoms with E-state index in [0.717, 1.165) is 31.1 Å². The minimum Gasteiger partial charge on any atom is -0.385 e. The van der Waals surface area contributed by atoms with Crippen LogP contribution in [0.15, 0.2) is 36.4 Å². The third kappa shape index (κ3) is 3.00. The number of aryl methyl sites for hydroxylation is 1. The number of halogens is 2. The first-order valence-electron chi connectivity index (χ1n) is 6.77. The fourth-order valence-electron chi connectivity index (χ4n) is 2.38. The van der Waals surface area contributed by atoms with Crippen molar-refractivity contribution < 1.29 is 9.18 Å². The molecule has 0 fully saturated rings. The van der Waals surface area contributed by atoms with Gasteiger partial charge in [0, 0.05) is 23.5 Å². The number of carbonyl (C=O) groups excluding carboxylic acids is 1. The summed E-state index contributed by atoms with van der Waals surface area (Å²) in [5, 5.41) is 6.07. The van der Waals surface area contributed by atoms with E-state index in [9.17, 15) is 9.18 Å². The van der Waals surface area contributed by atoms with Crippen molar-refractivity contribution >= 4 is 28.9 Å². The molecule has 0 saturated heterocycles. The number of fused-ring (bicyclic) bond motifs is 1. The molecule has 0 atom stereocenters. The van der Waals surface area contributed by atoms with Gasteiger partial charge >= 0.3 is 0 Å². The summed E-state index contributed by atoms with van der Waals surface area (Å²) in [5.41, 5.74) is 3.21. The lowest BCUT2D eigenvalue weighted by atomic mass is 10.0. The number of hydrogen-bond acceptors (Lipinski definition) is 2. The molecule has 2 aromatic carbocycles. The molecule has 0 aromatic heterocycles. The van der Waals surface area contributed by atoms with E-state index in [1.807, 2.05) is 18.2 Å². The summed E-state index contributed by atoms with van der Waals surface area (Å²) in [5.74, 6) is -0.960. The van der Waals surface area contributed by atoms with Crippen LogP contribution in [0.25, 0.3) is 0 Å². The second kappa shape index (κ2) is 5.74. The molecule has 3 rings (SSSR count). The Morgan fingerprint density at radius 3 is 2.90 bits per heavy atom. The number of hydrogen-bond donors (Lipinski definition) is 2. The molecule has 2 N–H and O–H groups in total. The molecule has 0 aliphatic carbocycles. The van der Waals surface area contributed by atoms with Crippen molar-refractivity contribution in [2.45, 2.75) is 12.8 Å². The Bertz CT molecular complexity index is 703. The first-order valence-corrected chi connectivity index (χ1v) is 7.14. The quantitative estimate of drug-likeness (QED) is 0.877. The summed E-state index contributed by atoms with van der Waals surface area (Å²) in [6.45, 7) is 0.937. The number of rotatable bonds is 2. The standard InChI is InChI=1S/C16H14ClFN2O/c17-13-6-4-11(8-14(13)18)16(21)20-12-5-3-10-2-1-7-19-15(10)9-12/h3-6,8-9,19H,1-2,7H2,(H,20,21). The molecule has 0 radical (unpaired) electrons. The zero-order valence-electron chi connectivity index (χ0n) is 11.2. The Balaban J connectivity index is 1.79. The SMILES string of the molecule is O=C(Nc1ccc2c(c1)NCCC2)c1ccc(Cl)c(F)c1. The molecule has 108 valence electrons. The molecule has 2 aromatic rings. The van der Waals surface area contributed by atoms with Gasteiger partial charge in [-0.05, 0) is 48.7 Å². The molecule has 5 heteroatoms. The highest BCUT2D eigenvalue weighted by Crippen LogP contribution is 2.26. The molecule has 1 amide bonds. The van der Waals surface area contributed by atoms with Crippen LogP contribution in [0.3, 0.4) is 0 Å². The lowest BCUT2D eigenvalue weighted by Crippen LogP contribution is -2.15. The summed E-state index contributed by atoms with van der Waals surface area (Å²) in [7, 11) is 0. The van der Waals surface area contributed by atoms with Crippen molar-refractivity contribution in [1.82, 2.24) is 0 Å². The predicted octanol–water partition coefficient (Wildman–Crippen LogP) is 4.09. The Morgan fingerprint density at radius 1 is 1.24 bits per heavy atom. The minimum atomic E-state index is -0.601. The van der Waals surface area contributed by atoms with Gasteiger partial charge in [-0.1, -0.05) is 17.7 Å². The van der Waals surface area contributed by atoms with Crippen LogP contribution < -0.4 is 10.6 Å². The normalized spacial score (nSPS) is 13.2. The highest BCUT2D eigenvalue weighted by Gasteiger charge is 2.12. The highest BCUT2D eigenvalue weighted by atomic mass is 35.5. The van der Waals surface area contributed by atoms with Gasteiger partial charge in [-0.3, -0.25) is 4.79 Å². The lowest BCUT2D eigenvalue weighted by molar-refractivity contribution is 0.102.